The largest absolute Gasteiger partial charge is 0.423 e. The highest BCUT2D eigenvalue weighted by Gasteiger charge is 2.15. The van der Waals surface area contributed by atoms with Gasteiger partial charge in [0.1, 0.15) is 23.0 Å². The van der Waals surface area contributed by atoms with Crippen molar-refractivity contribution in [1.29, 1.82) is 0 Å². The number of rotatable bonds is 10. The van der Waals surface area contributed by atoms with E-state index >= 15 is 0 Å². The van der Waals surface area contributed by atoms with Crippen LogP contribution in [-0.4, -0.2) is 23.9 Å². The molecule has 4 aromatic rings. The molecule has 0 radical (unpaired) electrons. The minimum absolute atomic E-state index is 0.169. The lowest BCUT2D eigenvalue weighted by Gasteiger charge is -2.12. The molecule has 0 N–H and O–H groups in total. The van der Waals surface area contributed by atoms with Crippen LogP contribution < -0.4 is 18.9 Å². The van der Waals surface area contributed by atoms with Crippen LogP contribution in [0.2, 0.25) is 0 Å². The summed E-state index contributed by atoms with van der Waals surface area (Å²) in [5.41, 5.74) is 3.80. The monoisotopic (exact) mass is 602 g/mol. The highest BCUT2D eigenvalue weighted by Crippen LogP contribution is 2.34. The number of hydrogen-bond acceptors (Lipinski definition) is 8. The normalized spacial score (nSPS) is 10.6. The number of benzene rings is 4. The standard InChI is InChI=1S/C37H30O8/c1-6-7-34(38)45-33-22-31(44-36(40)24(4)5)20-21-32(33)27-8-10-28(11-9-27)37(41)43-30-18-14-26(15-19-30)25-12-16-29(17-13-25)42-35(39)23(2)3/h6-22H,2,4H2,1,3,5H3/b7-6+. The van der Waals surface area contributed by atoms with Crippen molar-refractivity contribution >= 4 is 23.9 Å². The molecule has 0 spiro atoms. The first-order chi connectivity index (χ1) is 21.5. The second-order valence-corrected chi connectivity index (χ2v) is 9.93. The van der Waals surface area contributed by atoms with Gasteiger partial charge in [0.15, 0.2) is 0 Å². The third-order valence-corrected chi connectivity index (χ3v) is 6.27. The summed E-state index contributed by atoms with van der Waals surface area (Å²) in [6.07, 6.45) is 2.81. The van der Waals surface area contributed by atoms with Crippen LogP contribution in [0.4, 0.5) is 0 Å². The van der Waals surface area contributed by atoms with Crippen LogP contribution in [-0.2, 0) is 14.4 Å². The highest BCUT2D eigenvalue weighted by atomic mass is 16.6. The summed E-state index contributed by atoms with van der Waals surface area (Å²) in [4.78, 5) is 48.8. The van der Waals surface area contributed by atoms with Gasteiger partial charge in [-0.05, 0) is 86.0 Å². The highest BCUT2D eigenvalue weighted by molar-refractivity contribution is 5.93. The topological polar surface area (TPSA) is 105 Å². The minimum atomic E-state index is -0.608. The molecular formula is C37H30O8. The van der Waals surface area contributed by atoms with E-state index in [4.69, 9.17) is 18.9 Å². The molecule has 0 atom stereocenters. The molecule has 45 heavy (non-hydrogen) atoms. The zero-order valence-electron chi connectivity index (χ0n) is 25.0. The van der Waals surface area contributed by atoms with Crippen molar-refractivity contribution in [3.8, 4) is 45.3 Å². The van der Waals surface area contributed by atoms with Crippen molar-refractivity contribution in [3.63, 3.8) is 0 Å². The van der Waals surface area contributed by atoms with Gasteiger partial charge in [-0.1, -0.05) is 55.6 Å². The molecule has 0 saturated heterocycles. The van der Waals surface area contributed by atoms with Crippen molar-refractivity contribution in [1.82, 2.24) is 0 Å². The number of hydrogen-bond donors (Lipinski definition) is 0. The van der Waals surface area contributed by atoms with Crippen LogP contribution in [0.25, 0.3) is 22.3 Å². The van der Waals surface area contributed by atoms with E-state index in [2.05, 4.69) is 13.2 Å². The fourth-order valence-electron chi connectivity index (χ4n) is 3.94. The zero-order chi connectivity index (χ0) is 32.5. The van der Waals surface area contributed by atoms with Gasteiger partial charge < -0.3 is 18.9 Å². The fraction of sp³-hybridized carbons (Fsp3) is 0.0811. The summed E-state index contributed by atoms with van der Waals surface area (Å²) in [6.45, 7) is 11.9. The van der Waals surface area contributed by atoms with Crippen molar-refractivity contribution in [2.24, 2.45) is 0 Å². The quantitative estimate of drug-likeness (QED) is 0.103. The van der Waals surface area contributed by atoms with Gasteiger partial charge in [-0.15, -0.1) is 0 Å². The first kappa shape index (κ1) is 31.9. The third-order valence-electron chi connectivity index (χ3n) is 6.27. The molecule has 0 heterocycles. The van der Waals surface area contributed by atoms with Crippen molar-refractivity contribution in [3.05, 3.63) is 133 Å². The van der Waals surface area contributed by atoms with E-state index in [9.17, 15) is 19.2 Å². The summed E-state index contributed by atoms with van der Waals surface area (Å²) in [5, 5.41) is 0. The average molecular weight is 603 g/mol. The summed E-state index contributed by atoms with van der Waals surface area (Å²) < 4.78 is 21.6. The van der Waals surface area contributed by atoms with E-state index in [1.807, 2.05) is 24.3 Å². The number of carbonyl (C=O) groups is 4. The summed E-state index contributed by atoms with van der Waals surface area (Å²) >= 11 is 0. The number of ether oxygens (including phenoxy) is 4. The van der Waals surface area contributed by atoms with Crippen LogP contribution in [0.15, 0.2) is 127 Å². The molecule has 0 amide bonds. The molecule has 8 heteroatoms. The molecule has 0 aromatic heterocycles. The Morgan fingerprint density at radius 1 is 0.578 bits per heavy atom. The maximum atomic E-state index is 12.9. The van der Waals surface area contributed by atoms with Crippen molar-refractivity contribution < 1.29 is 38.1 Å². The van der Waals surface area contributed by atoms with E-state index in [1.54, 1.807) is 80.6 Å². The Balaban J connectivity index is 1.46. The number of esters is 4. The zero-order valence-corrected chi connectivity index (χ0v) is 25.0. The predicted octanol–water partition coefficient (Wildman–Crippen LogP) is 7.68. The Labute approximate surface area is 260 Å². The molecule has 4 aromatic carbocycles. The van der Waals surface area contributed by atoms with E-state index in [1.165, 1.54) is 19.1 Å². The molecule has 0 unspecified atom stereocenters. The SMILES string of the molecule is C=C(C)C(=O)Oc1ccc(-c2ccc(OC(=O)c3ccc(-c4ccc(OC(=O)C(=C)C)cc4OC(=O)/C=C/C)cc3)cc2)cc1. The van der Waals surface area contributed by atoms with E-state index in [0.717, 1.165) is 11.1 Å². The van der Waals surface area contributed by atoms with Gasteiger partial charge in [0.05, 0.1) is 5.56 Å². The van der Waals surface area contributed by atoms with Gasteiger partial charge in [0.2, 0.25) is 0 Å². The second kappa shape index (κ2) is 14.4. The van der Waals surface area contributed by atoms with Crippen molar-refractivity contribution in [2.75, 3.05) is 0 Å². The van der Waals surface area contributed by atoms with Crippen LogP contribution in [0.3, 0.4) is 0 Å². The average Bonchev–Trinajstić information content (AvgIpc) is 3.02. The second-order valence-electron chi connectivity index (χ2n) is 9.93. The van der Waals surface area contributed by atoms with E-state index in [-0.39, 0.29) is 17.1 Å². The van der Waals surface area contributed by atoms with Crippen molar-refractivity contribution in [2.45, 2.75) is 20.8 Å². The molecule has 0 aliphatic carbocycles. The molecule has 226 valence electrons. The Hall–Kier alpha value is -6.02. The summed E-state index contributed by atoms with van der Waals surface area (Å²) in [5.74, 6) is -1.13. The Bertz CT molecular complexity index is 1800. The maximum absolute atomic E-state index is 12.9. The molecule has 4 rings (SSSR count). The van der Waals surface area contributed by atoms with Gasteiger partial charge in [-0.25, -0.2) is 19.2 Å². The molecule has 8 nitrogen and oxygen atoms in total. The van der Waals surface area contributed by atoms with Gasteiger partial charge >= 0.3 is 23.9 Å². The third kappa shape index (κ3) is 8.52. The van der Waals surface area contributed by atoms with Crippen LogP contribution in [0.1, 0.15) is 31.1 Å². The lowest BCUT2D eigenvalue weighted by Crippen LogP contribution is -2.09. The Morgan fingerprint density at radius 3 is 1.56 bits per heavy atom. The lowest BCUT2D eigenvalue weighted by atomic mass is 10.0. The Morgan fingerprint density at radius 2 is 1.04 bits per heavy atom. The molecule has 0 bridgehead atoms. The van der Waals surface area contributed by atoms with Gasteiger partial charge in [0.25, 0.3) is 0 Å². The van der Waals surface area contributed by atoms with Gasteiger partial charge in [-0.3, -0.25) is 0 Å². The fourth-order valence-corrected chi connectivity index (χ4v) is 3.94. The smallest absolute Gasteiger partial charge is 0.343 e. The van der Waals surface area contributed by atoms with Gasteiger partial charge in [-0.2, -0.15) is 0 Å². The summed E-state index contributed by atoms with van der Waals surface area (Å²) in [6, 6.07) is 25.3. The van der Waals surface area contributed by atoms with E-state index < -0.39 is 23.9 Å². The summed E-state index contributed by atoms with van der Waals surface area (Å²) in [7, 11) is 0. The molecule has 0 aliphatic rings. The first-order valence-electron chi connectivity index (χ1n) is 13.8. The molecular weight excluding hydrogens is 572 g/mol. The molecule has 0 saturated carbocycles. The lowest BCUT2D eigenvalue weighted by molar-refractivity contribution is -0.131. The van der Waals surface area contributed by atoms with Crippen LogP contribution in [0, 0.1) is 0 Å². The van der Waals surface area contributed by atoms with E-state index in [0.29, 0.717) is 33.8 Å². The Kier molecular flexibility index (Phi) is 10.2. The number of carbonyl (C=O) groups excluding carboxylic acids is 4. The van der Waals surface area contributed by atoms with Gasteiger partial charge in [0, 0.05) is 28.9 Å². The minimum Gasteiger partial charge on any atom is -0.423 e. The van der Waals surface area contributed by atoms with Crippen LogP contribution >= 0.6 is 0 Å². The first-order valence-corrected chi connectivity index (χ1v) is 13.8. The number of allylic oxidation sites excluding steroid dienone is 1. The van der Waals surface area contributed by atoms with Crippen LogP contribution in [0.5, 0.6) is 23.0 Å². The predicted molar refractivity (Wildman–Crippen MR) is 170 cm³/mol. The maximum Gasteiger partial charge on any atom is 0.343 e. The molecule has 0 fully saturated rings. The molecule has 0 aliphatic heterocycles.